The van der Waals surface area contributed by atoms with Crippen molar-refractivity contribution in [2.75, 3.05) is 13.2 Å². The molecule has 0 aliphatic heterocycles. The number of aryl methyl sites for hydroxylation is 1. The number of hydrogen-bond acceptors (Lipinski definition) is 5. The lowest BCUT2D eigenvalue weighted by atomic mass is 10.1. The molecule has 0 amide bonds. The molecule has 0 radical (unpaired) electrons. The second kappa shape index (κ2) is 8.54. The number of carbonyl (C=O) groups is 2. The lowest BCUT2D eigenvalue weighted by Gasteiger charge is -2.04. The molecule has 0 spiro atoms. The summed E-state index contributed by atoms with van der Waals surface area (Å²) in [6.45, 7) is 4.46. The van der Waals surface area contributed by atoms with Gasteiger partial charge in [-0.05, 0) is 38.5 Å². The van der Waals surface area contributed by atoms with Gasteiger partial charge in [-0.3, -0.25) is 4.79 Å². The van der Waals surface area contributed by atoms with Crippen LogP contribution in [-0.2, 0) is 4.74 Å². The maximum absolute atomic E-state index is 12.3. The Morgan fingerprint density at radius 2 is 1.85 bits per heavy atom. The highest BCUT2D eigenvalue weighted by atomic mass is 16.5. The Hall–Kier alpha value is -3.08. The van der Waals surface area contributed by atoms with Crippen molar-refractivity contribution in [2.24, 2.45) is 0 Å². The summed E-state index contributed by atoms with van der Waals surface area (Å²) in [7, 11) is 0. The molecule has 3 rings (SSSR count). The smallest absolute Gasteiger partial charge is 0.374 e. The first-order chi connectivity index (χ1) is 13.1. The molecule has 0 N–H and O–H groups in total. The summed E-state index contributed by atoms with van der Waals surface area (Å²) in [5.41, 5.74) is 2.00. The largest absolute Gasteiger partial charge is 0.494 e. The molecule has 5 nitrogen and oxygen atoms in total. The third-order valence-electron chi connectivity index (χ3n) is 4.28. The number of ether oxygens (including phenoxy) is 2. The van der Waals surface area contributed by atoms with Crippen LogP contribution in [0.25, 0.3) is 11.0 Å². The van der Waals surface area contributed by atoms with Crippen LogP contribution >= 0.6 is 0 Å². The van der Waals surface area contributed by atoms with Gasteiger partial charge in [0.2, 0.25) is 5.76 Å². The Kier molecular flexibility index (Phi) is 5.91. The average Bonchev–Trinajstić information content (AvgIpc) is 3.02. The van der Waals surface area contributed by atoms with Gasteiger partial charge in [0.05, 0.1) is 13.2 Å². The van der Waals surface area contributed by atoms with Gasteiger partial charge in [0.1, 0.15) is 11.3 Å². The number of ketones is 1. The van der Waals surface area contributed by atoms with Gasteiger partial charge >= 0.3 is 5.97 Å². The van der Waals surface area contributed by atoms with E-state index < -0.39 is 5.97 Å². The van der Waals surface area contributed by atoms with Crippen LogP contribution < -0.4 is 4.74 Å². The Balaban J connectivity index is 1.58. The van der Waals surface area contributed by atoms with E-state index in [1.54, 1.807) is 24.3 Å². The molecule has 0 unspecified atom stereocenters. The second-order valence-corrected chi connectivity index (χ2v) is 6.18. The van der Waals surface area contributed by atoms with Crippen molar-refractivity contribution in [3.05, 3.63) is 65.4 Å². The monoisotopic (exact) mass is 366 g/mol. The van der Waals surface area contributed by atoms with Gasteiger partial charge in [-0.25, -0.2) is 4.79 Å². The molecule has 0 aliphatic carbocycles. The fourth-order valence-electron chi connectivity index (χ4n) is 2.88. The highest BCUT2D eigenvalue weighted by molar-refractivity contribution is 5.97. The lowest BCUT2D eigenvalue weighted by molar-refractivity contribution is 0.0460. The van der Waals surface area contributed by atoms with Crippen LogP contribution in [0.5, 0.6) is 5.75 Å². The van der Waals surface area contributed by atoms with Crippen LogP contribution in [0.2, 0.25) is 0 Å². The number of benzene rings is 2. The highest BCUT2D eigenvalue weighted by Gasteiger charge is 2.19. The van der Waals surface area contributed by atoms with Gasteiger partial charge in [0, 0.05) is 22.9 Å². The molecule has 1 aromatic heterocycles. The molecule has 27 heavy (non-hydrogen) atoms. The zero-order valence-electron chi connectivity index (χ0n) is 15.5. The highest BCUT2D eigenvalue weighted by Crippen LogP contribution is 2.29. The second-order valence-electron chi connectivity index (χ2n) is 6.18. The predicted molar refractivity (Wildman–Crippen MR) is 102 cm³/mol. The molecular formula is C22H22O5. The van der Waals surface area contributed by atoms with E-state index in [1.165, 1.54) is 0 Å². The van der Waals surface area contributed by atoms with Crippen molar-refractivity contribution in [2.45, 2.75) is 26.7 Å². The molecular weight excluding hydrogens is 344 g/mol. The lowest BCUT2D eigenvalue weighted by Crippen LogP contribution is -2.08. The summed E-state index contributed by atoms with van der Waals surface area (Å²) in [6, 6.07) is 14.5. The van der Waals surface area contributed by atoms with Crippen molar-refractivity contribution in [3.8, 4) is 5.75 Å². The van der Waals surface area contributed by atoms with Crippen molar-refractivity contribution >= 4 is 22.7 Å². The molecule has 0 bridgehead atoms. The first-order valence-electron chi connectivity index (χ1n) is 9.01. The molecule has 140 valence electrons. The molecule has 0 atom stereocenters. The molecule has 2 aromatic carbocycles. The summed E-state index contributed by atoms with van der Waals surface area (Å²) in [4.78, 5) is 24.4. The van der Waals surface area contributed by atoms with Crippen LogP contribution in [0.3, 0.4) is 0 Å². The number of fused-ring (bicyclic) bond motifs is 1. The average molecular weight is 366 g/mol. The van der Waals surface area contributed by atoms with Gasteiger partial charge in [0.25, 0.3) is 0 Å². The minimum absolute atomic E-state index is 0.0371. The first-order valence-corrected chi connectivity index (χ1v) is 9.01. The number of hydrogen-bond donors (Lipinski definition) is 0. The number of furan rings is 1. The topological polar surface area (TPSA) is 65.7 Å². The molecule has 3 aromatic rings. The quantitative estimate of drug-likeness (QED) is 0.320. The van der Waals surface area contributed by atoms with E-state index in [9.17, 15) is 9.59 Å². The fourth-order valence-corrected chi connectivity index (χ4v) is 2.88. The van der Waals surface area contributed by atoms with Crippen molar-refractivity contribution in [3.63, 3.8) is 0 Å². The van der Waals surface area contributed by atoms with Gasteiger partial charge in [-0.15, -0.1) is 0 Å². The number of esters is 1. The maximum Gasteiger partial charge on any atom is 0.374 e. The van der Waals surface area contributed by atoms with E-state index >= 15 is 0 Å². The third kappa shape index (κ3) is 4.37. The van der Waals surface area contributed by atoms with E-state index in [1.807, 2.05) is 38.1 Å². The third-order valence-corrected chi connectivity index (χ3v) is 4.28. The normalized spacial score (nSPS) is 10.7. The van der Waals surface area contributed by atoms with Crippen LogP contribution in [0.1, 0.15) is 46.2 Å². The molecule has 0 fully saturated rings. The van der Waals surface area contributed by atoms with Gasteiger partial charge in [-0.2, -0.15) is 0 Å². The Bertz CT molecular complexity index is 940. The molecule has 0 aliphatic rings. The number of Topliss-reactive ketones (excluding diaryl/α,β-unsaturated/α-hetero) is 1. The number of rotatable bonds is 8. The Labute approximate surface area is 157 Å². The summed E-state index contributed by atoms with van der Waals surface area (Å²) in [5.74, 6) is 0.435. The van der Waals surface area contributed by atoms with E-state index in [4.69, 9.17) is 13.9 Å². The predicted octanol–water partition coefficient (Wildman–Crippen LogP) is 4.96. The van der Waals surface area contributed by atoms with Crippen molar-refractivity contribution in [1.29, 1.82) is 0 Å². The van der Waals surface area contributed by atoms with Gasteiger partial charge < -0.3 is 13.9 Å². The standard InChI is InChI=1S/C22H22O5/c1-3-25-17-11-12-20-18(14-17)15(2)21(27-20)22(24)26-13-7-10-19(23)16-8-5-4-6-9-16/h4-6,8-9,11-12,14H,3,7,10,13H2,1-2H3. The Morgan fingerprint density at radius 1 is 1.07 bits per heavy atom. The van der Waals surface area contributed by atoms with Crippen LogP contribution in [-0.4, -0.2) is 25.0 Å². The fraction of sp³-hybridized carbons (Fsp3) is 0.273. The molecule has 5 heteroatoms. The summed E-state index contributed by atoms with van der Waals surface area (Å²) >= 11 is 0. The van der Waals surface area contributed by atoms with E-state index in [-0.39, 0.29) is 18.2 Å². The minimum Gasteiger partial charge on any atom is -0.494 e. The van der Waals surface area contributed by atoms with Crippen LogP contribution in [0.15, 0.2) is 52.9 Å². The zero-order valence-corrected chi connectivity index (χ0v) is 15.5. The van der Waals surface area contributed by atoms with Crippen LogP contribution in [0.4, 0.5) is 0 Å². The van der Waals surface area contributed by atoms with Crippen molar-refractivity contribution in [1.82, 2.24) is 0 Å². The summed E-state index contributed by atoms with van der Waals surface area (Å²) < 4.78 is 16.4. The zero-order chi connectivity index (χ0) is 19.2. The van der Waals surface area contributed by atoms with E-state index in [0.29, 0.717) is 30.6 Å². The minimum atomic E-state index is -0.520. The van der Waals surface area contributed by atoms with E-state index in [0.717, 1.165) is 16.7 Å². The number of carbonyl (C=O) groups excluding carboxylic acids is 2. The SMILES string of the molecule is CCOc1ccc2oc(C(=O)OCCCC(=O)c3ccccc3)c(C)c2c1. The molecule has 1 heterocycles. The van der Waals surface area contributed by atoms with Crippen LogP contribution in [0, 0.1) is 6.92 Å². The maximum atomic E-state index is 12.3. The first kappa shape index (κ1) is 18.7. The molecule has 0 saturated carbocycles. The van der Waals surface area contributed by atoms with E-state index in [2.05, 4.69) is 0 Å². The Morgan fingerprint density at radius 3 is 2.59 bits per heavy atom. The summed E-state index contributed by atoms with van der Waals surface area (Å²) in [5, 5.41) is 0.826. The molecule has 0 saturated heterocycles. The van der Waals surface area contributed by atoms with Crippen molar-refractivity contribution < 1.29 is 23.5 Å². The van der Waals surface area contributed by atoms with Gasteiger partial charge in [-0.1, -0.05) is 30.3 Å². The summed E-state index contributed by atoms with van der Waals surface area (Å²) in [6.07, 6.45) is 0.793. The van der Waals surface area contributed by atoms with Gasteiger partial charge in [0.15, 0.2) is 5.78 Å².